The zero-order chi connectivity index (χ0) is 23.9. The van der Waals surface area contributed by atoms with Gasteiger partial charge < -0.3 is 20.3 Å². The first-order chi connectivity index (χ1) is 16.5. The number of benzene rings is 3. The van der Waals surface area contributed by atoms with Gasteiger partial charge >= 0.3 is 6.03 Å². The Kier molecular flexibility index (Phi) is 7.48. The minimum atomic E-state index is -0.281. The largest absolute Gasteiger partial charge is 0.497 e. The second kappa shape index (κ2) is 10.9. The van der Waals surface area contributed by atoms with Crippen molar-refractivity contribution in [1.29, 1.82) is 0 Å². The zero-order valence-electron chi connectivity index (χ0n) is 19.7. The molecule has 2 unspecified atom stereocenters. The van der Waals surface area contributed by atoms with Crippen LogP contribution in [0.15, 0.2) is 78.9 Å². The maximum absolute atomic E-state index is 13.4. The standard InChI is InChI=1S/C28H31N3O3/c1-20-8-6-12-24(18-20)29-28(33)31-17-7-11-23(19-31)27(32)30-26(21-9-4-3-5-10-21)22-13-15-25(34-2)16-14-22/h3-6,8-10,12-16,18,23,26H,7,11,17,19H2,1-2H3,(H,29,33)(H,30,32). The highest BCUT2D eigenvalue weighted by Crippen LogP contribution is 2.26. The van der Waals surface area contributed by atoms with E-state index in [2.05, 4.69) is 10.6 Å². The molecule has 1 heterocycles. The molecule has 0 saturated carbocycles. The van der Waals surface area contributed by atoms with E-state index >= 15 is 0 Å². The van der Waals surface area contributed by atoms with Crippen molar-refractivity contribution < 1.29 is 14.3 Å². The molecule has 6 nitrogen and oxygen atoms in total. The average molecular weight is 458 g/mol. The lowest BCUT2D eigenvalue weighted by Crippen LogP contribution is -2.47. The van der Waals surface area contributed by atoms with Crippen LogP contribution in [0.3, 0.4) is 0 Å². The molecule has 34 heavy (non-hydrogen) atoms. The van der Waals surface area contributed by atoms with Gasteiger partial charge in [-0.05, 0) is 60.7 Å². The van der Waals surface area contributed by atoms with E-state index in [4.69, 9.17) is 4.74 Å². The van der Waals surface area contributed by atoms with Gasteiger partial charge in [-0.1, -0.05) is 54.6 Å². The molecule has 0 spiro atoms. The number of anilines is 1. The normalized spacial score (nSPS) is 16.4. The van der Waals surface area contributed by atoms with E-state index in [1.54, 1.807) is 12.0 Å². The number of carbonyl (C=O) groups excluding carboxylic acids is 2. The number of urea groups is 1. The minimum Gasteiger partial charge on any atom is -0.497 e. The molecule has 4 rings (SSSR count). The van der Waals surface area contributed by atoms with E-state index in [0.29, 0.717) is 13.1 Å². The molecule has 2 N–H and O–H groups in total. The van der Waals surface area contributed by atoms with Crippen molar-refractivity contribution in [3.63, 3.8) is 0 Å². The molecule has 3 aromatic carbocycles. The molecular formula is C28H31N3O3. The van der Waals surface area contributed by atoms with Gasteiger partial charge in [0, 0.05) is 18.8 Å². The van der Waals surface area contributed by atoms with Crippen LogP contribution in [-0.2, 0) is 4.79 Å². The lowest BCUT2D eigenvalue weighted by atomic mass is 9.94. The fourth-order valence-corrected chi connectivity index (χ4v) is 4.36. The summed E-state index contributed by atoms with van der Waals surface area (Å²) in [6, 6.07) is 24.9. The Hall–Kier alpha value is -3.80. The van der Waals surface area contributed by atoms with Crippen molar-refractivity contribution in [1.82, 2.24) is 10.2 Å². The highest BCUT2D eigenvalue weighted by molar-refractivity contribution is 5.90. The summed E-state index contributed by atoms with van der Waals surface area (Å²) in [7, 11) is 1.63. The summed E-state index contributed by atoms with van der Waals surface area (Å²) in [6.07, 6.45) is 1.54. The molecule has 3 amide bonds. The van der Waals surface area contributed by atoms with Crippen molar-refractivity contribution in [2.45, 2.75) is 25.8 Å². The summed E-state index contributed by atoms with van der Waals surface area (Å²) in [5.74, 6) is 0.462. The molecule has 1 aliphatic heterocycles. The molecule has 2 atom stereocenters. The summed E-state index contributed by atoms with van der Waals surface area (Å²) in [5, 5.41) is 6.19. The van der Waals surface area contributed by atoms with E-state index in [1.165, 1.54) is 0 Å². The second-order valence-electron chi connectivity index (χ2n) is 8.71. The second-order valence-corrected chi connectivity index (χ2v) is 8.71. The summed E-state index contributed by atoms with van der Waals surface area (Å²) in [4.78, 5) is 27.9. The SMILES string of the molecule is COc1ccc(C(NC(=O)C2CCCN(C(=O)Nc3cccc(C)c3)C2)c2ccccc2)cc1. The first kappa shape index (κ1) is 23.4. The Morgan fingerprint density at radius 2 is 1.71 bits per heavy atom. The van der Waals surface area contributed by atoms with Crippen LogP contribution in [0.4, 0.5) is 10.5 Å². The quantitative estimate of drug-likeness (QED) is 0.538. The van der Waals surface area contributed by atoms with Gasteiger partial charge in [0.2, 0.25) is 5.91 Å². The number of piperidine rings is 1. The van der Waals surface area contributed by atoms with Crippen LogP contribution in [0.25, 0.3) is 0 Å². The van der Waals surface area contributed by atoms with Crippen molar-refractivity contribution in [2.75, 3.05) is 25.5 Å². The first-order valence-corrected chi connectivity index (χ1v) is 11.7. The lowest BCUT2D eigenvalue weighted by molar-refractivity contribution is -0.126. The predicted octanol–water partition coefficient (Wildman–Crippen LogP) is 5.15. The van der Waals surface area contributed by atoms with Crippen LogP contribution in [0.2, 0.25) is 0 Å². The maximum atomic E-state index is 13.4. The van der Waals surface area contributed by atoms with E-state index < -0.39 is 0 Å². The number of amides is 3. The molecular weight excluding hydrogens is 426 g/mol. The molecule has 0 aliphatic carbocycles. The molecule has 6 heteroatoms. The summed E-state index contributed by atoms with van der Waals surface area (Å²) < 4.78 is 5.28. The maximum Gasteiger partial charge on any atom is 0.321 e. The molecule has 0 radical (unpaired) electrons. The number of nitrogens with one attached hydrogen (secondary N) is 2. The Bertz CT molecular complexity index is 1120. The van der Waals surface area contributed by atoms with Crippen LogP contribution in [0.1, 0.15) is 35.6 Å². The van der Waals surface area contributed by atoms with Gasteiger partial charge in [0.25, 0.3) is 0 Å². The summed E-state index contributed by atoms with van der Waals surface area (Å²) in [6.45, 7) is 3.03. The van der Waals surface area contributed by atoms with Crippen molar-refractivity contribution >= 4 is 17.6 Å². The first-order valence-electron chi connectivity index (χ1n) is 11.7. The number of hydrogen-bond donors (Lipinski definition) is 2. The average Bonchev–Trinajstić information content (AvgIpc) is 2.88. The van der Waals surface area contributed by atoms with Gasteiger partial charge in [0.15, 0.2) is 0 Å². The fraction of sp³-hybridized carbons (Fsp3) is 0.286. The molecule has 1 fully saturated rings. The highest BCUT2D eigenvalue weighted by Gasteiger charge is 2.30. The number of carbonyl (C=O) groups is 2. The van der Waals surface area contributed by atoms with E-state index in [9.17, 15) is 9.59 Å². The van der Waals surface area contributed by atoms with Gasteiger partial charge in [-0.15, -0.1) is 0 Å². The van der Waals surface area contributed by atoms with Crippen LogP contribution in [0, 0.1) is 12.8 Å². The lowest BCUT2D eigenvalue weighted by Gasteiger charge is -2.33. The minimum absolute atomic E-state index is 0.0438. The number of nitrogens with zero attached hydrogens (tertiary/aromatic N) is 1. The third kappa shape index (κ3) is 5.76. The van der Waals surface area contributed by atoms with Crippen molar-refractivity contribution in [3.8, 4) is 5.75 Å². The molecule has 1 saturated heterocycles. The number of ether oxygens (including phenoxy) is 1. The number of aryl methyl sites for hydroxylation is 1. The molecule has 0 aromatic heterocycles. The molecule has 0 bridgehead atoms. The van der Waals surface area contributed by atoms with Crippen LogP contribution >= 0.6 is 0 Å². The third-order valence-electron chi connectivity index (χ3n) is 6.22. The Morgan fingerprint density at radius 1 is 0.971 bits per heavy atom. The van der Waals surface area contributed by atoms with Gasteiger partial charge in [0.1, 0.15) is 5.75 Å². The van der Waals surface area contributed by atoms with Crippen LogP contribution < -0.4 is 15.4 Å². The predicted molar refractivity (Wildman–Crippen MR) is 134 cm³/mol. The number of hydrogen-bond acceptors (Lipinski definition) is 3. The third-order valence-corrected chi connectivity index (χ3v) is 6.22. The Labute approximate surface area is 200 Å². The van der Waals surface area contributed by atoms with Gasteiger partial charge in [-0.3, -0.25) is 4.79 Å². The van der Waals surface area contributed by atoms with Gasteiger partial charge in [-0.25, -0.2) is 4.79 Å². The highest BCUT2D eigenvalue weighted by atomic mass is 16.5. The zero-order valence-corrected chi connectivity index (χ0v) is 19.7. The molecule has 1 aliphatic rings. The number of rotatable bonds is 6. The molecule has 3 aromatic rings. The summed E-state index contributed by atoms with van der Waals surface area (Å²) >= 11 is 0. The Morgan fingerprint density at radius 3 is 2.41 bits per heavy atom. The van der Waals surface area contributed by atoms with Gasteiger partial charge in [-0.2, -0.15) is 0 Å². The van der Waals surface area contributed by atoms with Crippen molar-refractivity contribution in [3.05, 3.63) is 95.6 Å². The van der Waals surface area contributed by atoms with Crippen LogP contribution in [0.5, 0.6) is 5.75 Å². The monoisotopic (exact) mass is 457 g/mol. The summed E-state index contributed by atoms with van der Waals surface area (Å²) in [5.41, 5.74) is 3.83. The topological polar surface area (TPSA) is 70.7 Å². The molecule has 176 valence electrons. The van der Waals surface area contributed by atoms with E-state index in [0.717, 1.165) is 41.0 Å². The Balaban J connectivity index is 1.46. The van der Waals surface area contributed by atoms with Crippen molar-refractivity contribution in [2.24, 2.45) is 5.92 Å². The number of methoxy groups -OCH3 is 1. The smallest absolute Gasteiger partial charge is 0.321 e. The van der Waals surface area contributed by atoms with Gasteiger partial charge in [0.05, 0.1) is 19.1 Å². The van der Waals surface area contributed by atoms with E-state index in [1.807, 2.05) is 85.8 Å². The number of likely N-dealkylation sites (tertiary alicyclic amines) is 1. The fourth-order valence-electron chi connectivity index (χ4n) is 4.36. The van der Waals surface area contributed by atoms with E-state index in [-0.39, 0.29) is 23.9 Å². The van der Waals surface area contributed by atoms with Crippen LogP contribution in [-0.4, -0.2) is 37.0 Å².